The van der Waals surface area contributed by atoms with Crippen molar-refractivity contribution in [1.82, 2.24) is 39.8 Å². The number of aromatic nitrogens is 4. The third-order valence-electron chi connectivity index (χ3n) is 9.24. The summed E-state index contributed by atoms with van der Waals surface area (Å²) in [7, 11) is 0. The third kappa shape index (κ3) is 9.39. The first-order valence-corrected chi connectivity index (χ1v) is 17.5. The first-order chi connectivity index (χ1) is 25.0. The fourth-order valence-electron chi connectivity index (χ4n) is 6.51. The Balaban J connectivity index is 1.01. The summed E-state index contributed by atoms with van der Waals surface area (Å²) in [6.45, 7) is 7.25. The van der Waals surface area contributed by atoms with Gasteiger partial charge in [0.2, 0.25) is 11.8 Å². The third-order valence-corrected chi connectivity index (χ3v) is 9.24. The minimum absolute atomic E-state index is 0.00617. The van der Waals surface area contributed by atoms with Crippen LogP contribution in [-0.4, -0.2) is 112 Å². The number of piperazine rings is 1. The Kier molecular flexibility index (Phi) is 12.1. The van der Waals surface area contributed by atoms with Gasteiger partial charge in [-0.15, -0.1) is 0 Å². The lowest BCUT2D eigenvalue weighted by molar-refractivity contribution is -0.127. The molecule has 0 saturated carbocycles. The highest BCUT2D eigenvalue weighted by Crippen LogP contribution is 2.35. The Morgan fingerprint density at radius 1 is 1.02 bits per heavy atom. The number of hydrogen-bond donors (Lipinski definition) is 2. The van der Waals surface area contributed by atoms with E-state index in [1.165, 1.54) is 6.33 Å². The van der Waals surface area contributed by atoms with Gasteiger partial charge in [-0.1, -0.05) is 29.4 Å². The summed E-state index contributed by atoms with van der Waals surface area (Å²) in [4.78, 5) is 43.3. The zero-order valence-electron chi connectivity index (χ0n) is 28.7. The standard InChI is InChI=1S/C36H44N12O3/c37-35-33-34(27-12-14-30(15-13-27)51-29-8-2-1-3-9-29)43-48(36(33)41-26-40-35)28-7-5-19-47(25-28)32(50)11-6-18-45-21-23-46(24-22-45)20-17-39-31(49)10-4-16-42-44-38/h1-3,6,8-9,11-15,26,28H,4-5,7,10,16-25H2,(H,39,49)(H2,37,40,41)/b11-6+/t28-/m1/s1. The summed E-state index contributed by atoms with van der Waals surface area (Å²) in [5.74, 6) is 1.81. The average Bonchev–Trinajstić information content (AvgIpc) is 3.56. The van der Waals surface area contributed by atoms with Crippen LogP contribution in [0.5, 0.6) is 11.5 Å². The SMILES string of the molecule is [N-]=[N+]=NCCCC(=O)NCCN1CCN(C/C=C/C(=O)N2CCC[C@@H](n3nc(-c4ccc(Oc5ccccc5)cc4)c4c(N)ncnc43)C2)CC1. The lowest BCUT2D eigenvalue weighted by atomic mass is 10.1. The van der Waals surface area contributed by atoms with Crippen LogP contribution in [0.3, 0.4) is 0 Å². The van der Waals surface area contributed by atoms with E-state index in [-0.39, 0.29) is 17.9 Å². The summed E-state index contributed by atoms with van der Waals surface area (Å²) in [6.07, 6.45) is 7.74. The molecule has 0 unspecified atom stereocenters. The monoisotopic (exact) mass is 692 g/mol. The summed E-state index contributed by atoms with van der Waals surface area (Å²) in [6, 6.07) is 17.3. The lowest BCUT2D eigenvalue weighted by Gasteiger charge is -2.34. The number of rotatable bonds is 14. The Hall–Kier alpha value is -5.50. The second-order valence-electron chi connectivity index (χ2n) is 12.7. The number of nitrogen functional groups attached to an aromatic ring is 1. The number of likely N-dealkylation sites (tertiary alicyclic amines) is 1. The van der Waals surface area contributed by atoms with Gasteiger partial charge >= 0.3 is 0 Å². The summed E-state index contributed by atoms with van der Waals surface area (Å²) in [5, 5.41) is 12.1. The van der Waals surface area contributed by atoms with Crippen molar-refractivity contribution in [3.8, 4) is 22.8 Å². The minimum atomic E-state index is -0.0575. The first kappa shape index (κ1) is 35.3. The molecule has 0 radical (unpaired) electrons. The number of carbonyl (C=O) groups is 2. The van der Waals surface area contributed by atoms with Crippen LogP contribution in [0.2, 0.25) is 0 Å². The van der Waals surface area contributed by atoms with Crippen LogP contribution in [0.25, 0.3) is 32.7 Å². The number of fused-ring (bicyclic) bond motifs is 1. The van der Waals surface area contributed by atoms with Crippen molar-refractivity contribution in [2.24, 2.45) is 5.11 Å². The molecule has 2 aliphatic heterocycles. The van der Waals surface area contributed by atoms with E-state index in [1.807, 2.05) is 70.3 Å². The number of nitrogens with two attached hydrogens (primary N) is 1. The molecular weight excluding hydrogens is 648 g/mol. The number of benzene rings is 2. The van der Waals surface area contributed by atoms with Gasteiger partial charge < -0.3 is 20.7 Å². The largest absolute Gasteiger partial charge is 0.457 e. The molecule has 2 aromatic carbocycles. The van der Waals surface area contributed by atoms with Crippen molar-refractivity contribution in [1.29, 1.82) is 0 Å². The van der Waals surface area contributed by atoms with Crippen LogP contribution in [0.1, 0.15) is 31.7 Å². The maximum Gasteiger partial charge on any atom is 0.246 e. The minimum Gasteiger partial charge on any atom is -0.457 e. The zero-order chi connectivity index (χ0) is 35.4. The Bertz CT molecular complexity index is 1850. The van der Waals surface area contributed by atoms with E-state index in [0.29, 0.717) is 73.9 Å². The normalized spacial score (nSPS) is 17.0. The Morgan fingerprint density at radius 3 is 2.57 bits per heavy atom. The van der Waals surface area contributed by atoms with Crippen LogP contribution in [0.15, 0.2) is 78.2 Å². The molecule has 2 saturated heterocycles. The molecule has 6 rings (SSSR count). The van der Waals surface area contributed by atoms with Gasteiger partial charge in [-0.05, 0) is 61.2 Å². The molecule has 266 valence electrons. The highest BCUT2D eigenvalue weighted by atomic mass is 16.5. The molecular formula is C36H44N12O3. The number of amides is 2. The quantitative estimate of drug-likeness (QED) is 0.0635. The number of nitrogens with one attached hydrogen (secondary N) is 1. The van der Waals surface area contributed by atoms with Gasteiger partial charge in [0, 0.05) is 88.4 Å². The molecule has 2 aromatic heterocycles. The molecule has 4 aromatic rings. The average molecular weight is 693 g/mol. The molecule has 0 bridgehead atoms. The van der Waals surface area contributed by atoms with E-state index < -0.39 is 0 Å². The number of nitrogens with zero attached hydrogens (tertiary/aromatic N) is 10. The second kappa shape index (κ2) is 17.4. The van der Waals surface area contributed by atoms with Gasteiger partial charge in [-0.3, -0.25) is 19.4 Å². The number of piperidine rings is 1. The van der Waals surface area contributed by atoms with Crippen LogP contribution in [-0.2, 0) is 9.59 Å². The van der Waals surface area contributed by atoms with Crippen LogP contribution in [0.4, 0.5) is 5.82 Å². The molecule has 2 aliphatic rings. The Labute approximate surface area is 296 Å². The van der Waals surface area contributed by atoms with E-state index in [4.69, 9.17) is 21.1 Å². The van der Waals surface area contributed by atoms with Crippen LogP contribution in [0, 0.1) is 0 Å². The molecule has 2 amide bonds. The molecule has 51 heavy (non-hydrogen) atoms. The van der Waals surface area contributed by atoms with Gasteiger partial charge in [0.25, 0.3) is 0 Å². The predicted octanol–water partition coefficient (Wildman–Crippen LogP) is 4.41. The van der Waals surface area contributed by atoms with Gasteiger partial charge in [0.1, 0.15) is 29.3 Å². The van der Waals surface area contributed by atoms with Gasteiger partial charge in [0.05, 0.1) is 11.4 Å². The molecule has 15 heteroatoms. The number of anilines is 1. The summed E-state index contributed by atoms with van der Waals surface area (Å²) < 4.78 is 7.89. The molecule has 1 atom stereocenters. The first-order valence-electron chi connectivity index (χ1n) is 17.5. The summed E-state index contributed by atoms with van der Waals surface area (Å²) >= 11 is 0. The van der Waals surface area contributed by atoms with Crippen molar-refractivity contribution in [2.75, 3.05) is 71.2 Å². The maximum absolute atomic E-state index is 13.3. The molecule has 0 aliphatic carbocycles. The van der Waals surface area contributed by atoms with E-state index >= 15 is 0 Å². The molecule has 0 spiro atoms. The highest BCUT2D eigenvalue weighted by molar-refractivity contribution is 5.98. The highest BCUT2D eigenvalue weighted by Gasteiger charge is 2.28. The van der Waals surface area contributed by atoms with E-state index in [1.54, 1.807) is 6.08 Å². The second-order valence-corrected chi connectivity index (χ2v) is 12.7. The van der Waals surface area contributed by atoms with Crippen molar-refractivity contribution in [3.63, 3.8) is 0 Å². The van der Waals surface area contributed by atoms with Crippen LogP contribution < -0.4 is 15.8 Å². The van der Waals surface area contributed by atoms with Crippen molar-refractivity contribution in [3.05, 3.63) is 83.5 Å². The lowest BCUT2D eigenvalue weighted by Crippen LogP contribution is -2.48. The van der Waals surface area contributed by atoms with E-state index in [0.717, 1.165) is 56.9 Å². The van der Waals surface area contributed by atoms with Crippen molar-refractivity contribution in [2.45, 2.75) is 31.7 Å². The molecule has 2 fully saturated rings. The number of hydrogen-bond acceptors (Lipinski definition) is 10. The van der Waals surface area contributed by atoms with Crippen LogP contribution >= 0.6 is 0 Å². The van der Waals surface area contributed by atoms with Gasteiger partial charge in [-0.25, -0.2) is 14.6 Å². The number of azide groups is 1. The molecule has 15 nitrogen and oxygen atoms in total. The van der Waals surface area contributed by atoms with Crippen molar-refractivity contribution >= 4 is 28.7 Å². The number of ether oxygens (including phenoxy) is 1. The predicted molar refractivity (Wildman–Crippen MR) is 195 cm³/mol. The van der Waals surface area contributed by atoms with Gasteiger partial charge in [0.15, 0.2) is 5.65 Å². The summed E-state index contributed by atoms with van der Waals surface area (Å²) in [5.41, 5.74) is 16.9. The fourth-order valence-corrected chi connectivity index (χ4v) is 6.51. The molecule has 4 heterocycles. The fraction of sp³-hybridized carbons (Fsp3) is 0.417. The number of para-hydroxylation sites is 1. The maximum atomic E-state index is 13.3. The number of carbonyl (C=O) groups excluding carboxylic acids is 2. The van der Waals surface area contributed by atoms with Crippen molar-refractivity contribution < 1.29 is 14.3 Å². The topological polar surface area (TPSA) is 184 Å². The Morgan fingerprint density at radius 2 is 1.78 bits per heavy atom. The van der Waals surface area contributed by atoms with Gasteiger partial charge in [-0.2, -0.15) is 5.10 Å². The molecule has 3 N–H and O–H groups in total. The van der Waals surface area contributed by atoms with E-state index in [2.05, 4.69) is 35.1 Å². The van der Waals surface area contributed by atoms with E-state index in [9.17, 15) is 9.59 Å². The zero-order valence-corrected chi connectivity index (χ0v) is 28.7. The smallest absolute Gasteiger partial charge is 0.246 e.